The van der Waals surface area contributed by atoms with Crippen LogP contribution in [0, 0.1) is 23.2 Å². The summed E-state index contributed by atoms with van der Waals surface area (Å²) in [4.78, 5) is 24.1. The third-order valence-electron chi connectivity index (χ3n) is 8.97. The number of hydrogen-bond donors (Lipinski definition) is 1. The molecular weight excluding hydrogens is 544 g/mol. The van der Waals surface area contributed by atoms with Gasteiger partial charge in [-0.2, -0.15) is 15.3 Å². The molecule has 3 aliphatic rings. The van der Waals surface area contributed by atoms with Crippen molar-refractivity contribution in [1.29, 1.82) is 5.26 Å². The Morgan fingerprint density at radius 1 is 1.12 bits per heavy atom. The molecule has 0 spiro atoms. The molecule has 1 N–H and O–H groups in total. The quantitative estimate of drug-likeness (QED) is 0.335. The highest BCUT2D eigenvalue weighted by atomic mass is 16.5. The topological polar surface area (TPSA) is 120 Å². The molecule has 2 saturated heterocycles. The molecule has 12 heteroatoms. The molecule has 1 aliphatic carbocycles. The van der Waals surface area contributed by atoms with Crippen molar-refractivity contribution < 1.29 is 9.53 Å². The molecular formula is C31H36N10O2. The lowest BCUT2D eigenvalue weighted by molar-refractivity contribution is -0.133. The molecule has 4 aromatic rings. The standard InChI is InChI=1S/C31H36N10O2/c1-37-10-12-38(13-11-37)28(42)20-40-19-26(16-33-40)34-31-35-30-27(6-3-9-41(30)36-31)39-17-24-7-8-25(18-39)29(24)43-21-23-5-2-4-22(14-23)15-32/h2-6,9,14,16,19,24-25,29H,7-8,10-13,17-18,20-21H2,1H3,(H,34,36)/t24-,25+,29?. The molecule has 1 saturated carbocycles. The van der Waals surface area contributed by atoms with Crippen LogP contribution in [0.25, 0.3) is 5.65 Å². The van der Waals surface area contributed by atoms with Crippen LogP contribution in [0.2, 0.25) is 0 Å². The Morgan fingerprint density at radius 3 is 2.72 bits per heavy atom. The summed E-state index contributed by atoms with van der Waals surface area (Å²) in [6, 6.07) is 14.0. The van der Waals surface area contributed by atoms with Crippen molar-refractivity contribution in [2.75, 3.05) is 56.5 Å². The lowest BCUT2D eigenvalue weighted by atomic mass is 9.94. The van der Waals surface area contributed by atoms with Gasteiger partial charge in [0.25, 0.3) is 0 Å². The van der Waals surface area contributed by atoms with Gasteiger partial charge in [0.2, 0.25) is 11.9 Å². The Hall–Kier alpha value is -4.47. The minimum atomic E-state index is 0.0783. The number of nitriles is 1. The monoisotopic (exact) mass is 580 g/mol. The van der Waals surface area contributed by atoms with E-state index in [0.717, 1.165) is 74.7 Å². The zero-order chi connectivity index (χ0) is 29.3. The van der Waals surface area contributed by atoms with Crippen LogP contribution in [-0.2, 0) is 22.7 Å². The first-order valence-corrected chi connectivity index (χ1v) is 15.0. The number of pyridine rings is 1. The van der Waals surface area contributed by atoms with Crippen molar-refractivity contribution in [2.24, 2.45) is 11.8 Å². The lowest BCUT2D eigenvalue weighted by Gasteiger charge is -2.39. The number of nitrogens with one attached hydrogen (secondary N) is 1. The summed E-state index contributed by atoms with van der Waals surface area (Å²) >= 11 is 0. The van der Waals surface area contributed by atoms with Crippen LogP contribution >= 0.6 is 0 Å². The van der Waals surface area contributed by atoms with Gasteiger partial charge in [0, 0.05) is 63.5 Å². The first-order valence-electron chi connectivity index (χ1n) is 15.0. The third-order valence-corrected chi connectivity index (χ3v) is 8.97. The van der Waals surface area contributed by atoms with Gasteiger partial charge >= 0.3 is 0 Å². The molecule has 43 heavy (non-hydrogen) atoms. The zero-order valence-electron chi connectivity index (χ0n) is 24.3. The highest BCUT2D eigenvalue weighted by Gasteiger charge is 2.43. The second kappa shape index (κ2) is 11.7. The van der Waals surface area contributed by atoms with Gasteiger partial charge in [0.1, 0.15) is 6.54 Å². The Bertz CT molecular complexity index is 1640. The number of aromatic nitrogens is 5. The maximum Gasteiger partial charge on any atom is 0.247 e. The largest absolute Gasteiger partial charge is 0.373 e. The lowest BCUT2D eigenvalue weighted by Crippen LogP contribution is -2.48. The van der Waals surface area contributed by atoms with E-state index in [4.69, 9.17) is 9.72 Å². The summed E-state index contributed by atoms with van der Waals surface area (Å²) in [5.41, 5.74) is 4.31. The number of carbonyl (C=O) groups excluding carboxylic acids is 1. The third kappa shape index (κ3) is 5.78. The number of benzene rings is 1. The number of anilines is 3. The minimum Gasteiger partial charge on any atom is -0.373 e. The summed E-state index contributed by atoms with van der Waals surface area (Å²) in [6.07, 6.45) is 7.94. The molecule has 1 unspecified atom stereocenters. The summed E-state index contributed by atoms with van der Waals surface area (Å²) in [5.74, 6) is 1.45. The first kappa shape index (κ1) is 27.4. The molecule has 3 aromatic heterocycles. The Labute approximate surface area is 250 Å². The number of carbonyl (C=O) groups is 1. The summed E-state index contributed by atoms with van der Waals surface area (Å²) in [5, 5.41) is 21.5. The van der Waals surface area contributed by atoms with Gasteiger partial charge in [-0.3, -0.25) is 9.48 Å². The Balaban J connectivity index is 0.996. The normalized spacial score (nSPS) is 22.2. The van der Waals surface area contributed by atoms with Gasteiger partial charge in [-0.05, 0) is 49.7 Å². The number of rotatable bonds is 8. The van der Waals surface area contributed by atoms with Gasteiger partial charge in [-0.25, -0.2) is 4.52 Å². The van der Waals surface area contributed by atoms with Crippen molar-refractivity contribution in [1.82, 2.24) is 34.2 Å². The smallest absolute Gasteiger partial charge is 0.247 e. The van der Waals surface area contributed by atoms with Gasteiger partial charge in [0.05, 0.1) is 41.9 Å². The van der Waals surface area contributed by atoms with Crippen LogP contribution in [0.15, 0.2) is 55.0 Å². The molecule has 7 rings (SSSR count). The van der Waals surface area contributed by atoms with E-state index in [1.807, 2.05) is 52.1 Å². The van der Waals surface area contributed by atoms with Crippen molar-refractivity contribution in [3.63, 3.8) is 0 Å². The van der Waals surface area contributed by atoms with E-state index in [-0.39, 0.29) is 18.6 Å². The fraction of sp³-hybridized carbons (Fsp3) is 0.452. The average molecular weight is 581 g/mol. The van der Waals surface area contributed by atoms with Crippen LogP contribution in [-0.4, -0.2) is 92.5 Å². The maximum absolute atomic E-state index is 12.7. The number of amides is 1. The molecule has 1 aromatic carbocycles. The highest BCUT2D eigenvalue weighted by molar-refractivity contribution is 5.76. The van der Waals surface area contributed by atoms with Crippen LogP contribution in [0.5, 0.6) is 0 Å². The number of piperidine rings is 1. The van der Waals surface area contributed by atoms with E-state index < -0.39 is 0 Å². The van der Waals surface area contributed by atoms with E-state index in [0.29, 0.717) is 30.0 Å². The predicted octanol–water partition coefficient (Wildman–Crippen LogP) is 2.75. The first-order chi connectivity index (χ1) is 21.0. The average Bonchev–Trinajstić information content (AvgIpc) is 3.71. The van der Waals surface area contributed by atoms with Gasteiger partial charge in [-0.1, -0.05) is 12.1 Å². The van der Waals surface area contributed by atoms with Crippen LogP contribution in [0.4, 0.5) is 17.3 Å². The molecule has 5 heterocycles. The van der Waals surface area contributed by atoms with Gasteiger partial charge < -0.3 is 24.8 Å². The Kier molecular flexibility index (Phi) is 7.42. The van der Waals surface area contributed by atoms with E-state index in [2.05, 4.69) is 44.5 Å². The van der Waals surface area contributed by atoms with Crippen LogP contribution < -0.4 is 10.2 Å². The SMILES string of the molecule is CN1CCN(C(=O)Cn2cc(Nc3nc4c(N5C[C@H]6CC[C@@H](C5)C6OCc5cccc(C#N)c5)cccn4n3)cn2)CC1. The van der Waals surface area contributed by atoms with E-state index in [9.17, 15) is 10.1 Å². The van der Waals surface area contributed by atoms with Crippen LogP contribution in [0.1, 0.15) is 24.0 Å². The highest BCUT2D eigenvalue weighted by Crippen LogP contribution is 2.41. The Morgan fingerprint density at radius 2 is 1.93 bits per heavy atom. The molecule has 2 aliphatic heterocycles. The fourth-order valence-electron chi connectivity index (χ4n) is 6.69. The summed E-state index contributed by atoms with van der Waals surface area (Å²) in [6.45, 7) is 5.84. The van der Waals surface area contributed by atoms with Crippen LogP contribution in [0.3, 0.4) is 0 Å². The molecule has 222 valence electrons. The molecule has 3 atom stereocenters. The fourth-order valence-corrected chi connectivity index (χ4v) is 6.69. The number of ether oxygens (including phenoxy) is 1. The van der Waals surface area contributed by atoms with Crippen molar-refractivity contribution >= 4 is 28.9 Å². The number of nitrogens with zero attached hydrogens (tertiary/aromatic N) is 9. The van der Waals surface area contributed by atoms with Crippen molar-refractivity contribution in [3.05, 3.63) is 66.1 Å². The molecule has 2 bridgehead atoms. The van der Waals surface area contributed by atoms with Crippen molar-refractivity contribution in [3.8, 4) is 6.07 Å². The number of piperazine rings is 1. The number of fused-ring (bicyclic) bond motifs is 3. The van der Waals surface area contributed by atoms with Crippen molar-refractivity contribution in [2.45, 2.75) is 32.1 Å². The molecule has 12 nitrogen and oxygen atoms in total. The maximum atomic E-state index is 12.7. The summed E-state index contributed by atoms with van der Waals surface area (Å²) < 4.78 is 9.92. The molecule has 0 radical (unpaired) electrons. The predicted molar refractivity (Wildman–Crippen MR) is 161 cm³/mol. The molecule has 1 amide bonds. The number of likely N-dealkylation sites (N-methyl/N-ethyl adjacent to an activating group) is 1. The van der Waals surface area contributed by atoms with Gasteiger partial charge in [0.15, 0.2) is 5.65 Å². The minimum absolute atomic E-state index is 0.0783. The van der Waals surface area contributed by atoms with E-state index in [1.54, 1.807) is 10.9 Å². The zero-order valence-corrected chi connectivity index (χ0v) is 24.3. The second-order valence-electron chi connectivity index (χ2n) is 11.9. The van der Waals surface area contributed by atoms with Gasteiger partial charge in [-0.15, -0.1) is 5.10 Å². The number of hydrogen-bond acceptors (Lipinski definition) is 9. The summed E-state index contributed by atoms with van der Waals surface area (Å²) in [7, 11) is 2.08. The van der Waals surface area contributed by atoms with E-state index in [1.165, 1.54) is 0 Å². The second-order valence-corrected chi connectivity index (χ2v) is 11.9. The molecule has 3 fully saturated rings. The van der Waals surface area contributed by atoms with E-state index >= 15 is 0 Å².